The van der Waals surface area contributed by atoms with Gasteiger partial charge in [-0.15, -0.1) is 10.2 Å². The van der Waals surface area contributed by atoms with Gasteiger partial charge in [-0.1, -0.05) is 18.2 Å². The van der Waals surface area contributed by atoms with Gasteiger partial charge in [0.1, 0.15) is 0 Å². The Labute approximate surface area is 141 Å². The first-order chi connectivity index (χ1) is 11.7. The summed E-state index contributed by atoms with van der Waals surface area (Å²) in [5.74, 6) is 1.83. The Balaban J connectivity index is 1.39. The Bertz CT molecular complexity index is 703. The second-order valence-corrected chi connectivity index (χ2v) is 6.62. The van der Waals surface area contributed by atoms with Gasteiger partial charge in [0.05, 0.1) is 6.04 Å². The maximum Gasteiger partial charge on any atom is 0.247 e. The van der Waals surface area contributed by atoms with Gasteiger partial charge < -0.3 is 9.32 Å². The van der Waals surface area contributed by atoms with Gasteiger partial charge in [0.15, 0.2) is 0 Å². The first-order valence-electron chi connectivity index (χ1n) is 8.64. The molecule has 6 heteroatoms. The number of aromatic nitrogens is 2. The van der Waals surface area contributed by atoms with Gasteiger partial charge in [-0.05, 0) is 31.9 Å². The van der Waals surface area contributed by atoms with Gasteiger partial charge >= 0.3 is 0 Å². The van der Waals surface area contributed by atoms with Crippen molar-refractivity contribution in [2.24, 2.45) is 5.92 Å². The van der Waals surface area contributed by atoms with Crippen LogP contribution in [0.25, 0.3) is 11.5 Å². The molecule has 0 unspecified atom stereocenters. The number of hydrogen-bond acceptors (Lipinski definition) is 5. The number of rotatable bonds is 4. The third kappa shape index (κ3) is 3.06. The van der Waals surface area contributed by atoms with Crippen LogP contribution in [0.1, 0.15) is 31.7 Å². The van der Waals surface area contributed by atoms with Gasteiger partial charge in [-0.2, -0.15) is 0 Å². The number of nitrogens with zero attached hydrogens (tertiary/aromatic N) is 4. The van der Waals surface area contributed by atoms with Gasteiger partial charge in [0, 0.05) is 37.7 Å². The quantitative estimate of drug-likeness (QED) is 0.863. The predicted molar refractivity (Wildman–Crippen MR) is 89.0 cm³/mol. The number of benzene rings is 1. The molecule has 2 aromatic rings. The van der Waals surface area contributed by atoms with E-state index in [0.717, 1.165) is 44.6 Å². The summed E-state index contributed by atoms with van der Waals surface area (Å²) in [6.07, 6.45) is 2.14. The molecule has 1 aromatic heterocycles. The van der Waals surface area contributed by atoms with Crippen LogP contribution in [0.2, 0.25) is 0 Å². The third-order valence-corrected chi connectivity index (χ3v) is 4.92. The minimum atomic E-state index is 0.0631. The molecule has 1 atom stereocenters. The van der Waals surface area contributed by atoms with Crippen LogP contribution >= 0.6 is 0 Å². The number of amides is 1. The van der Waals surface area contributed by atoms with Crippen LogP contribution in [0.5, 0.6) is 0 Å². The minimum Gasteiger partial charge on any atom is -0.419 e. The highest BCUT2D eigenvalue weighted by molar-refractivity contribution is 5.81. The highest BCUT2D eigenvalue weighted by atomic mass is 16.4. The van der Waals surface area contributed by atoms with E-state index in [9.17, 15) is 4.79 Å². The van der Waals surface area contributed by atoms with E-state index >= 15 is 0 Å². The summed E-state index contributed by atoms with van der Waals surface area (Å²) in [5, 5.41) is 8.39. The van der Waals surface area contributed by atoms with Crippen molar-refractivity contribution in [1.29, 1.82) is 0 Å². The van der Waals surface area contributed by atoms with Crippen molar-refractivity contribution in [3.63, 3.8) is 0 Å². The van der Waals surface area contributed by atoms with Crippen molar-refractivity contribution in [3.8, 4) is 11.5 Å². The van der Waals surface area contributed by atoms with Crippen LogP contribution in [-0.2, 0) is 4.79 Å². The minimum absolute atomic E-state index is 0.0631. The summed E-state index contributed by atoms with van der Waals surface area (Å²) in [4.78, 5) is 16.4. The average molecular weight is 326 g/mol. The maximum atomic E-state index is 12.1. The Morgan fingerprint density at radius 1 is 1.12 bits per heavy atom. The number of piperazine rings is 1. The van der Waals surface area contributed by atoms with E-state index in [0.29, 0.717) is 23.6 Å². The van der Waals surface area contributed by atoms with E-state index in [2.05, 4.69) is 22.0 Å². The van der Waals surface area contributed by atoms with Crippen LogP contribution in [0.15, 0.2) is 34.7 Å². The van der Waals surface area contributed by atoms with Crippen molar-refractivity contribution in [1.82, 2.24) is 20.0 Å². The number of carbonyl (C=O) groups is 1. The lowest BCUT2D eigenvalue weighted by Gasteiger charge is -2.37. The molecule has 1 aliphatic heterocycles. The SMILES string of the molecule is C[C@H](c1nnc(-c2ccccc2)o1)N1CCN(C(=O)C2CC2)CC1. The number of hydrogen-bond donors (Lipinski definition) is 0. The zero-order valence-corrected chi connectivity index (χ0v) is 13.9. The van der Waals surface area contributed by atoms with E-state index in [4.69, 9.17) is 4.42 Å². The maximum absolute atomic E-state index is 12.1. The van der Waals surface area contributed by atoms with E-state index < -0.39 is 0 Å². The largest absolute Gasteiger partial charge is 0.419 e. The lowest BCUT2D eigenvalue weighted by molar-refractivity contribution is -0.134. The van der Waals surface area contributed by atoms with Gasteiger partial charge in [0.2, 0.25) is 17.7 Å². The van der Waals surface area contributed by atoms with Crippen molar-refractivity contribution in [2.75, 3.05) is 26.2 Å². The first kappa shape index (κ1) is 15.3. The summed E-state index contributed by atoms with van der Waals surface area (Å²) in [5.41, 5.74) is 0.934. The molecule has 2 aliphatic rings. The molecular formula is C18H22N4O2. The second kappa shape index (κ2) is 6.36. The molecule has 126 valence electrons. The molecule has 2 fully saturated rings. The van der Waals surface area contributed by atoms with Crippen LogP contribution in [0, 0.1) is 5.92 Å². The fourth-order valence-electron chi connectivity index (χ4n) is 3.18. The summed E-state index contributed by atoms with van der Waals surface area (Å²) in [6, 6.07) is 9.87. The smallest absolute Gasteiger partial charge is 0.247 e. The van der Waals surface area contributed by atoms with E-state index in [-0.39, 0.29) is 6.04 Å². The molecule has 0 radical (unpaired) electrons. The van der Waals surface area contributed by atoms with E-state index in [1.807, 2.05) is 35.2 Å². The van der Waals surface area contributed by atoms with Crippen LogP contribution in [0.4, 0.5) is 0 Å². The predicted octanol–water partition coefficient (Wildman–Crippen LogP) is 2.35. The molecule has 4 rings (SSSR count). The molecule has 0 bridgehead atoms. The molecule has 2 heterocycles. The van der Waals surface area contributed by atoms with E-state index in [1.165, 1.54) is 0 Å². The first-order valence-corrected chi connectivity index (χ1v) is 8.64. The van der Waals surface area contributed by atoms with Gasteiger partial charge in [-0.3, -0.25) is 9.69 Å². The van der Waals surface area contributed by atoms with Gasteiger partial charge in [-0.25, -0.2) is 0 Å². The molecule has 1 aliphatic carbocycles. The van der Waals surface area contributed by atoms with E-state index in [1.54, 1.807) is 0 Å². The lowest BCUT2D eigenvalue weighted by Crippen LogP contribution is -2.49. The Hall–Kier alpha value is -2.21. The lowest BCUT2D eigenvalue weighted by atomic mass is 10.2. The van der Waals surface area contributed by atoms with Gasteiger partial charge in [0.25, 0.3) is 0 Å². The fourth-order valence-corrected chi connectivity index (χ4v) is 3.18. The monoisotopic (exact) mass is 326 g/mol. The van der Waals surface area contributed by atoms with Crippen molar-refractivity contribution >= 4 is 5.91 Å². The molecule has 1 saturated carbocycles. The summed E-state index contributed by atoms with van der Waals surface area (Å²) in [7, 11) is 0. The molecule has 1 amide bonds. The molecule has 6 nitrogen and oxygen atoms in total. The highest BCUT2D eigenvalue weighted by Gasteiger charge is 2.35. The third-order valence-electron chi connectivity index (χ3n) is 4.92. The van der Waals surface area contributed by atoms with Crippen LogP contribution < -0.4 is 0 Å². The summed E-state index contributed by atoms with van der Waals surface area (Å²) >= 11 is 0. The molecule has 1 aromatic carbocycles. The Morgan fingerprint density at radius 3 is 2.50 bits per heavy atom. The zero-order chi connectivity index (χ0) is 16.5. The molecule has 0 N–H and O–H groups in total. The standard InChI is InChI=1S/C18H22N4O2/c1-13(16-19-20-17(24-16)14-5-3-2-4-6-14)21-9-11-22(12-10-21)18(23)15-7-8-15/h2-6,13,15H,7-12H2,1H3/t13-/m1/s1. The Morgan fingerprint density at radius 2 is 1.83 bits per heavy atom. The summed E-state index contributed by atoms with van der Waals surface area (Å²) < 4.78 is 5.86. The van der Waals surface area contributed by atoms with Crippen LogP contribution in [0.3, 0.4) is 0 Å². The van der Waals surface area contributed by atoms with Crippen molar-refractivity contribution in [3.05, 3.63) is 36.2 Å². The topological polar surface area (TPSA) is 62.5 Å². The molecule has 1 saturated heterocycles. The van der Waals surface area contributed by atoms with Crippen molar-refractivity contribution < 1.29 is 9.21 Å². The fraction of sp³-hybridized carbons (Fsp3) is 0.500. The molecule has 0 spiro atoms. The normalized spacial score (nSPS) is 20.1. The number of carbonyl (C=O) groups excluding carboxylic acids is 1. The van der Waals surface area contributed by atoms with Crippen molar-refractivity contribution in [2.45, 2.75) is 25.8 Å². The second-order valence-electron chi connectivity index (χ2n) is 6.62. The highest BCUT2D eigenvalue weighted by Crippen LogP contribution is 2.32. The summed E-state index contributed by atoms with van der Waals surface area (Å²) in [6.45, 7) is 5.37. The average Bonchev–Trinajstić information content (AvgIpc) is 3.38. The molecule has 24 heavy (non-hydrogen) atoms. The molecular weight excluding hydrogens is 304 g/mol. The Kier molecular flexibility index (Phi) is 4.06. The van der Waals surface area contributed by atoms with Crippen LogP contribution in [-0.4, -0.2) is 52.1 Å². The zero-order valence-electron chi connectivity index (χ0n) is 13.9.